The molecule has 0 N–H and O–H groups in total. The molecule has 4 rings (SSSR count). The quantitative estimate of drug-likeness (QED) is 0.306. The Morgan fingerprint density at radius 3 is 2.73 bits per heavy atom. The van der Waals surface area contributed by atoms with Gasteiger partial charge >= 0.3 is 11.9 Å². The highest BCUT2D eigenvalue weighted by atomic mass is 35.5. The van der Waals surface area contributed by atoms with E-state index in [1.165, 1.54) is 37.0 Å². The summed E-state index contributed by atoms with van der Waals surface area (Å²) in [6.45, 7) is 1.64. The van der Waals surface area contributed by atoms with Crippen LogP contribution in [-0.2, 0) is 9.53 Å². The summed E-state index contributed by atoms with van der Waals surface area (Å²) in [7, 11) is 2.71. The third kappa shape index (κ3) is 3.96. The van der Waals surface area contributed by atoms with Crippen molar-refractivity contribution >= 4 is 40.9 Å². The maximum atomic E-state index is 13.4. The number of esters is 1. The molecule has 1 aliphatic heterocycles. The van der Waals surface area contributed by atoms with Crippen molar-refractivity contribution in [3.8, 4) is 5.75 Å². The molecule has 0 amide bonds. The molecule has 33 heavy (non-hydrogen) atoms. The first kappa shape index (κ1) is 22.5. The first-order valence-electron chi connectivity index (χ1n) is 9.43. The second kappa shape index (κ2) is 8.68. The van der Waals surface area contributed by atoms with Gasteiger partial charge in [-0.2, -0.15) is 0 Å². The SMILES string of the molecule is COC(=O)C1=C(C)N=c2s/c(=C\c3ccc([N+](=O)[O-])o3)c(=O)n2[C@@H]1c1cc(Cl)ccc1OC. The number of furan rings is 1. The van der Waals surface area contributed by atoms with Gasteiger partial charge < -0.3 is 13.9 Å². The van der Waals surface area contributed by atoms with E-state index in [-0.39, 0.29) is 15.9 Å². The van der Waals surface area contributed by atoms with Crippen molar-refractivity contribution in [2.75, 3.05) is 14.2 Å². The highest BCUT2D eigenvalue weighted by Gasteiger charge is 2.35. The third-order valence-electron chi connectivity index (χ3n) is 4.98. The molecule has 1 aromatic carbocycles. The summed E-state index contributed by atoms with van der Waals surface area (Å²) in [5.74, 6) is -0.553. The summed E-state index contributed by atoms with van der Waals surface area (Å²) in [6, 6.07) is 6.54. The Morgan fingerprint density at radius 2 is 2.09 bits per heavy atom. The maximum absolute atomic E-state index is 13.4. The van der Waals surface area contributed by atoms with Crippen LogP contribution in [0.4, 0.5) is 5.88 Å². The largest absolute Gasteiger partial charge is 0.496 e. The molecule has 0 spiro atoms. The van der Waals surface area contributed by atoms with Crippen LogP contribution >= 0.6 is 22.9 Å². The summed E-state index contributed by atoms with van der Waals surface area (Å²) in [5, 5.41) is 11.3. The van der Waals surface area contributed by atoms with E-state index < -0.39 is 28.4 Å². The van der Waals surface area contributed by atoms with Crippen LogP contribution in [0.1, 0.15) is 24.3 Å². The maximum Gasteiger partial charge on any atom is 0.433 e. The number of benzene rings is 1. The van der Waals surface area contributed by atoms with Crippen LogP contribution in [-0.4, -0.2) is 29.7 Å². The summed E-state index contributed by atoms with van der Waals surface area (Å²) < 4.78 is 17.1. The molecule has 0 fully saturated rings. The Kier molecular flexibility index (Phi) is 5.91. The standard InChI is InChI=1S/C21H16ClN3O7S/c1-10-17(20(27)31-3)18(13-8-11(22)4-6-14(13)30-2)24-19(26)15(33-21(24)23-10)9-12-5-7-16(32-12)25(28)29/h4-9,18H,1-3H3/b15-9-/t18-/m1/s1. The van der Waals surface area contributed by atoms with E-state index >= 15 is 0 Å². The van der Waals surface area contributed by atoms with Gasteiger partial charge in [-0.15, -0.1) is 0 Å². The highest BCUT2D eigenvalue weighted by molar-refractivity contribution is 7.07. The van der Waals surface area contributed by atoms with Gasteiger partial charge in [-0.25, -0.2) is 9.79 Å². The van der Waals surface area contributed by atoms with E-state index in [9.17, 15) is 19.7 Å². The number of rotatable bonds is 5. The second-order valence-electron chi connectivity index (χ2n) is 6.89. The van der Waals surface area contributed by atoms with Gasteiger partial charge in [-0.05, 0) is 31.2 Å². The number of allylic oxidation sites excluding steroid dienone is 1. The van der Waals surface area contributed by atoms with Crippen molar-refractivity contribution in [1.82, 2.24) is 4.57 Å². The smallest absolute Gasteiger partial charge is 0.433 e. The second-order valence-corrected chi connectivity index (χ2v) is 8.34. The van der Waals surface area contributed by atoms with Crippen molar-refractivity contribution < 1.29 is 23.6 Å². The van der Waals surface area contributed by atoms with E-state index in [1.54, 1.807) is 25.1 Å². The Labute approximate surface area is 194 Å². The molecule has 1 atom stereocenters. The number of methoxy groups -OCH3 is 2. The number of ether oxygens (including phenoxy) is 2. The van der Waals surface area contributed by atoms with Gasteiger partial charge in [-0.3, -0.25) is 19.5 Å². The molecule has 3 aromatic rings. The van der Waals surface area contributed by atoms with Gasteiger partial charge in [0, 0.05) is 16.7 Å². The van der Waals surface area contributed by atoms with Crippen LogP contribution in [0.25, 0.3) is 6.08 Å². The molecule has 1 aliphatic rings. The number of nitro groups is 1. The predicted molar refractivity (Wildman–Crippen MR) is 119 cm³/mol. The predicted octanol–water partition coefficient (Wildman–Crippen LogP) is 2.57. The van der Waals surface area contributed by atoms with Crippen LogP contribution in [0.5, 0.6) is 5.75 Å². The Bertz CT molecular complexity index is 1500. The van der Waals surface area contributed by atoms with Crippen molar-refractivity contribution in [2.24, 2.45) is 4.99 Å². The minimum Gasteiger partial charge on any atom is -0.496 e. The molecule has 2 aromatic heterocycles. The van der Waals surface area contributed by atoms with Crippen LogP contribution in [0.2, 0.25) is 5.02 Å². The number of halogens is 1. The first-order chi connectivity index (χ1) is 15.7. The number of carbonyl (C=O) groups excluding carboxylic acids is 1. The topological polar surface area (TPSA) is 126 Å². The van der Waals surface area contributed by atoms with Crippen molar-refractivity contribution in [3.63, 3.8) is 0 Å². The average molecular weight is 490 g/mol. The summed E-state index contributed by atoms with van der Waals surface area (Å²) >= 11 is 7.28. The molecule has 10 nitrogen and oxygen atoms in total. The summed E-state index contributed by atoms with van der Waals surface area (Å²) in [5.41, 5.74) is 0.528. The zero-order valence-corrected chi connectivity index (χ0v) is 19.1. The fourth-order valence-electron chi connectivity index (χ4n) is 3.55. The molecule has 0 bridgehead atoms. The van der Waals surface area contributed by atoms with Crippen molar-refractivity contribution in [3.05, 3.63) is 87.8 Å². The zero-order chi connectivity index (χ0) is 23.9. The van der Waals surface area contributed by atoms with Crippen LogP contribution in [0, 0.1) is 10.1 Å². The molecule has 3 heterocycles. The van der Waals surface area contributed by atoms with Gasteiger partial charge in [-0.1, -0.05) is 22.9 Å². The van der Waals surface area contributed by atoms with E-state index in [2.05, 4.69) is 4.99 Å². The molecule has 0 aliphatic carbocycles. The van der Waals surface area contributed by atoms with Gasteiger partial charge in [0.15, 0.2) is 4.80 Å². The number of aromatic nitrogens is 1. The molecule has 0 saturated heterocycles. The molecule has 170 valence electrons. The number of carbonyl (C=O) groups is 1. The van der Waals surface area contributed by atoms with Crippen LogP contribution in [0.15, 0.2) is 55.8 Å². The van der Waals surface area contributed by atoms with Gasteiger partial charge in [0.05, 0.1) is 36.1 Å². The zero-order valence-electron chi connectivity index (χ0n) is 17.5. The number of nitrogens with zero attached hydrogens (tertiary/aromatic N) is 3. The van der Waals surface area contributed by atoms with E-state index in [1.807, 2.05) is 0 Å². The van der Waals surface area contributed by atoms with E-state index in [4.69, 9.17) is 25.5 Å². The lowest BCUT2D eigenvalue weighted by Gasteiger charge is -2.25. The fraction of sp³-hybridized carbons (Fsp3) is 0.190. The lowest BCUT2D eigenvalue weighted by atomic mass is 9.95. The summed E-state index contributed by atoms with van der Waals surface area (Å²) in [6.07, 6.45) is 1.39. The normalized spacial score (nSPS) is 15.8. The third-order valence-corrected chi connectivity index (χ3v) is 6.20. The molecule has 0 unspecified atom stereocenters. The molecular weight excluding hydrogens is 474 g/mol. The van der Waals surface area contributed by atoms with Gasteiger partial charge in [0.1, 0.15) is 22.5 Å². The lowest BCUT2D eigenvalue weighted by molar-refractivity contribution is -0.402. The van der Waals surface area contributed by atoms with Gasteiger partial charge in [0.25, 0.3) is 5.56 Å². The van der Waals surface area contributed by atoms with Crippen LogP contribution in [0.3, 0.4) is 0 Å². The molecule has 12 heteroatoms. The minimum absolute atomic E-state index is 0.132. The number of thiazole rings is 1. The van der Waals surface area contributed by atoms with Gasteiger partial charge in [0.2, 0.25) is 0 Å². The van der Waals surface area contributed by atoms with Crippen molar-refractivity contribution in [2.45, 2.75) is 13.0 Å². The average Bonchev–Trinajstić information content (AvgIpc) is 3.37. The monoisotopic (exact) mass is 489 g/mol. The Morgan fingerprint density at radius 1 is 1.33 bits per heavy atom. The van der Waals surface area contributed by atoms with E-state index in [0.717, 1.165) is 11.3 Å². The first-order valence-corrected chi connectivity index (χ1v) is 10.6. The Balaban J connectivity index is 2.00. The molecule has 0 radical (unpaired) electrons. The fourth-order valence-corrected chi connectivity index (χ4v) is 4.76. The van der Waals surface area contributed by atoms with Crippen molar-refractivity contribution in [1.29, 1.82) is 0 Å². The minimum atomic E-state index is -0.921. The van der Waals surface area contributed by atoms with E-state index in [0.29, 0.717) is 26.8 Å². The number of hydrogen-bond donors (Lipinski definition) is 0. The lowest BCUT2D eigenvalue weighted by Crippen LogP contribution is -2.40. The highest BCUT2D eigenvalue weighted by Crippen LogP contribution is 2.37. The van der Waals surface area contributed by atoms with Crippen LogP contribution < -0.4 is 19.6 Å². The molecule has 0 saturated carbocycles. The number of hydrogen-bond acceptors (Lipinski definition) is 9. The molecular formula is C21H16ClN3O7S. The number of fused-ring (bicyclic) bond motifs is 1. The summed E-state index contributed by atoms with van der Waals surface area (Å²) in [4.78, 5) is 41.1. The Hall–Kier alpha value is -3.70.